The number of nitrogens with zero attached hydrogens (tertiary/aromatic N) is 2. The third-order valence-corrected chi connectivity index (χ3v) is 4.59. The van der Waals surface area contributed by atoms with Gasteiger partial charge >= 0.3 is 0 Å². The Morgan fingerprint density at radius 1 is 1.10 bits per heavy atom. The molecule has 1 aliphatic heterocycles. The van der Waals surface area contributed by atoms with Crippen LogP contribution in [0.2, 0.25) is 0 Å². The Bertz CT molecular complexity index is 353. The van der Waals surface area contributed by atoms with Gasteiger partial charge in [0.05, 0.1) is 13.1 Å². The van der Waals surface area contributed by atoms with Crippen LogP contribution in [0.5, 0.6) is 0 Å². The zero-order chi connectivity index (χ0) is 14.5. The van der Waals surface area contributed by atoms with Gasteiger partial charge in [0.2, 0.25) is 11.8 Å². The Morgan fingerprint density at radius 3 is 2.30 bits per heavy atom. The summed E-state index contributed by atoms with van der Waals surface area (Å²) in [6.07, 6.45) is 5.08. The Kier molecular flexibility index (Phi) is 5.40. The second kappa shape index (κ2) is 7.07. The maximum absolute atomic E-state index is 12.2. The van der Waals surface area contributed by atoms with E-state index in [0.29, 0.717) is 25.0 Å². The number of likely N-dealkylation sites (N-methyl/N-ethyl adjacent to an activating group) is 2. The van der Waals surface area contributed by atoms with Crippen molar-refractivity contribution in [1.82, 2.24) is 15.1 Å². The molecule has 5 nitrogen and oxygen atoms in total. The minimum atomic E-state index is 0.0776. The smallest absolute Gasteiger partial charge is 0.242 e. The molecule has 2 aliphatic rings. The van der Waals surface area contributed by atoms with Crippen molar-refractivity contribution in [1.29, 1.82) is 0 Å². The molecular formula is C15H27N3O2. The molecule has 2 fully saturated rings. The minimum Gasteiger partial charge on any atom is -0.332 e. The largest absolute Gasteiger partial charge is 0.332 e. The van der Waals surface area contributed by atoms with Crippen molar-refractivity contribution in [3.05, 3.63) is 0 Å². The highest BCUT2D eigenvalue weighted by atomic mass is 16.2. The molecule has 1 heterocycles. The summed E-state index contributed by atoms with van der Waals surface area (Å²) in [5.74, 6) is 0.822. The van der Waals surface area contributed by atoms with Crippen molar-refractivity contribution in [3.8, 4) is 0 Å². The Balaban J connectivity index is 1.95. The lowest BCUT2D eigenvalue weighted by atomic mass is 9.97. The van der Waals surface area contributed by atoms with Crippen LogP contribution < -0.4 is 5.32 Å². The first-order valence-corrected chi connectivity index (χ1v) is 7.94. The molecule has 0 radical (unpaired) electrons. The molecule has 1 aliphatic carbocycles. The molecule has 1 saturated heterocycles. The third-order valence-electron chi connectivity index (χ3n) is 4.59. The number of rotatable bonds is 6. The summed E-state index contributed by atoms with van der Waals surface area (Å²) in [5.41, 5.74) is 0. The number of carbonyl (C=O) groups excluding carboxylic acids is 2. The van der Waals surface area contributed by atoms with E-state index in [1.54, 1.807) is 9.80 Å². The molecule has 0 spiro atoms. The molecule has 0 aromatic carbocycles. The van der Waals surface area contributed by atoms with E-state index in [-0.39, 0.29) is 24.9 Å². The molecule has 1 unspecified atom stereocenters. The van der Waals surface area contributed by atoms with E-state index >= 15 is 0 Å². The summed E-state index contributed by atoms with van der Waals surface area (Å²) < 4.78 is 0. The molecule has 114 valence electrons. The Labute approximate surface area is 121 Å². The van der Waals surface area contributed by atoms with Crippen LogP contribution in [0.25, 0.3) is 0 Å². The van der Waals surface area contributed by atoms with E-state index in [0.717, 1.165) is 6.54 Å². The van der Waals surface area contributed by atoms with E-state index < -0.39 is 0 Å². The molecule has 1 saturated carbocycles. The molecule has 1 N–H and O–H groups in total. The number of amides is 2. The van der Waals surface area contributed by atoms with Crippen LogP contribution in [0.4, 0.5) is 0 Å². The number of hydrogen-bond donors (Lipinski definition) is 1. The lowest BCUT2D eigenvalue weighted by Gasteiger charge is -2.36. The van der Waals surface area contributed by atoms with Crippen molar-refractivity contribution in [2.75, 3.05) is 32.7 Å². The molecule has 20 heavy (non-hydrogen) atoms. The van der Waals surface area contributed by atoms with Gasteiger partial charge in [0, 0.05) is 19.1 Å². The van der Waals surface area contributed by atoms with E-state index in [9.17, 15) is 9.59 Å². The van der Waals surface area contributed by atoms with Gasteiger partial charge in [-0.25, -0.2) is 0 Å². The molecular weight excluding hydrogens is 254 g/mol. The molecule has 0 bridgehead atoms. The average Bonchev–Trinajstić information content (AvgIpc) is 2.95. The quantitative estimate of drug-likeness (QED) is 0.785. The lowest BCUT2D eigenvalue weighted by molar-refractivity contribution is -0.150. The van der Waals surface area contributed by atoms with Gasteiger partial charge < -0.3 is 15.1 Å². The zero-order valence-electron chi connectivity index (χ0n) is 12.7. The second-order valence-electron chi connectivity index (χ2n) is 5.89. The molecule has 5 heteroatoms. The monoisotopic (exact) mass is 281 g/mol. The topological polar surface area (TPSA) is 52.7 Å². The molecule has 0 aromatic heterocycles. The fraction of sp³-hybridized carbons (Fsp3) is 0.867. The maximum atomic E-state index is 12.2. The summed E-state index contributed by atoms with van der Waals surface area (Å²) in [7, 11) is 0. The van der Waals surface area contributed by atoms with E-state index in [1.165, 1.54) is 25.7 Å². The average molecular weight is 281 g/mol. The number of carbonyl (C=O) groups is 2. The first kappa shape index (κ1) is 15.3. The van der Waals surface area contributed by atoms with Crippen molar-refractivity contribution in [2.45, 2.75) is 45.6 Å². The van der Waals surface area contributed by atoms with Crippen LogP contribution in [0, 0.1) is 5.92 Å². The molecule has 2 rings (SSSR count). The van der Waals surface area contributed by atoms with Gasteiger partial charge in [0.1, 0.15) is 0 Å². The summed E-state index contributed by atoms with van der Waals surface area (Å²) in [6.45, 7) is 6.74. The van der Waals surface area contributed by atoms with E-state index in [2.05, 4.69) is 12.2 Å². The predicted molar refractivity (Wildman–Crippen MR) is 78.3 cm³/mol. The highest BCUT2D eigenvalue weighted by Gasteiger charge is 2.33. The summed E-state index contributed by atoms with van der Waals surface area (Å²) in [4.78, 5) is 27.5. The zero-order valence-corrected chi connectivity index (χ0v) is 12.7. The summed E-state index contributed by atoms with van der Waals surface area (Å²) in [5, 5.41) is 3.51. The standard InChI is InChI=1S/C15H27N3O2/c1-3-16-13(12-7-5-6-8-12)9-18-11-14(19)17(4-2)10-15(18)20/h12-13,16H,3-11H2,1-2H3. The summed E-state index contributed by atoms with van der Waals surface area (Å²) >= 11 is 0. The van der Waals surface area contributed by atoms with Crippen LogP contribution in [-0.4, -0.2) is 60.4 Å². The fourth-order valence-corrected chi connectivity index (χ4v) is 3.40. The number of nitrogens with one attached hydrogen (secondary N) is 1. The van der Waals surface area contributed by atoms with Gasteiger partial charge in [-0.1, -0.05) is 19.8 Å². The van der Waals surface area contributed by atoms with Crippen molar-refractivity contribution in [2.24, 2.45) is 5.92 Å². The van der Waals surface area contributed by atoms with Crippen LogP contribution in [0.3, 0.4) is 0 Å². The van der Waals surface area contributed by atoms with Crippen LogP contribution in [0.15, 0.2) is 0 Å². The Hall–Kier alpha value is -1.10. The first-order chi connectivity index (χ1) is 9.65. The van der Waals surface area contributed by atoms with Crippen molar-refractivity contribution >= 4 is 11.8 Å². The lowest BCUT2D eigenvalue weighted by Crippen LogP contribution is -2.57. The highest BCUT2D eigenvalue weighted by Crippen LogP contribution is 2.28. The van der Waals surface area contributed by atoms with Gasteiger partial charge in [0.25, 0.3) is 0 Å². The normalized spacial score (nSPS) is 22.7. The van der Waals surface area contributed by atoms with Gasteiger partial charge in [-0.15, -0.1) is 0 Å². The summed E-state index contributed by atoms with van der Waals surface area (Å²) in [6, 6.07) is 0.340. The van der Waals surface area contributed by atoms with E-state index in [4.69, 9.17) is 0 Å². The Morgan fingerprint density at radius 2 is 1.70 bits per heavy atom. The molecule has 0 aromatic rings. The highest BCUT2D eigenvalue weighted by molar-refractivity contribution is 5.92. The SMILES string of the molecule is CCNC(CN1CC(=O)N(CC)CC1=O)C1CCCC1. The second-order valence-corrected chi connectivity index (χ2v) is 5.89. The van der Waals surface area contributed by atoms with E-state index in [1.807, 2.05) is 6.92 Å². The maximum Gasteiger partial charge on any atom is 0.242 e. The number of hydrogen-bond acceptors (Lipinski definition) is 3. The number of piperazine rings is 1. The minimum absolute atomic E-state index is 0.0776. The van der Waals surface area contributed by atoms with Crippen LogP contribution >= 0.6 is 0 Å². The van der Waals surface area contributed by atoms with Crippen molar-refractivity contribution in [3.63, 3.8) is 0 Å². The third kappa shape index (κ3) is 3.51. The van der Waals surface area contributed by atoms with Crippen LogP contribution in [0.1, 0.15) is 39.5 Å². The predicted octanol–water partition coefficient (Wildman–Crippen LogP) is 0.845. The first-order valence-electron chi connectivity index (χ1n) is 7.94. The van der Waals surface area contributed by atoms with Gasteiger partial charge in [-0.3, -0.25) is 9.59 Å². The van der Waals surface area contributed by atoms with Crippen molar-refractivity contribution < 1.29 is 9.59 Å². The van der Waals surface area contributed by atoms with Gasteiger partial charge in [-0.2, -0.15) is 0 Å². The van der Waals surface area contributed by atoms with Crippen LogP contribution in [-0.2, 0) is 9.59 Å². The van der Waals surface area contributed by atoms with Gasteiger partial charge in [0.15, 0.2) is 0 Å². The van der Waals surface area contributed by atoms with Gasteiger partial charge in [-0.05, 0) is 32.2 Å². The molecule has 1 atom stereocenters. The fourth-order valence-electron chi connectivity index (χ4n) is 3.40. The molecule has 2 amide bonds.